The zero-order valence-corrected chi connectivity index (χ0v) is 26.0. The third kappa shape index (κ3) is 16.4. The molecule has 0 bridgehead atoms. The van der Waals surface area contributed by atoms with Gasteiger partial charge < -0.3 is 48.7 Å². The van der Waals surface area contributed by atoms with Crippen LogP contribution in [0.5, 0.6) is 5.75 Å². The number of aliphatic imine (C=N–C) groups is 2. The van der Waals surface area contributed by atoms with Crippen molar-refractivity contribution in [3.05, 3.63) is 65.5 Å². The minimum atomic E-state index is -1.06. The van der Waals surface area contributed by atoms with Crippen molar-refractivity contribution in [2.45, 2.75) is 51.6 Å². The van der Waals surface area contributed by atoms with Crippen LogP contribution in [0.4, 0.5) is 4.39 Å². The molecule has 2 rings (SSSR count). The van der Waals surface area contributed by atoms with Gasteiger partial charge in [-0.05, 0) is 61.6 Å². The van der Waals surface area contributed by atoms with Crippen LogP contribution in [0.1, 0.15) is 37.8 Å². The Balaban J connectivity index is 0.00000249. The highest BCUT2D eigenvalue weighted by Crippen LogP contribution is 2.13. The quantitative estimate of drug-likeness (QED) is 0.0662. The van der Waals surface area contributed by atoms with Gasteiger partial charge >= 0.3 is 0 Å². The molecule has 0 heterocycles. The molecule has 15 nitrogen and oxygen atoms in total. The molecule has 46 heavy (non-hydrogen) atoms. The summed E-state index contributed by atoms with van der Waals surface area (Å²) in [5.41, 5.74) is 23.4. The van der Waals surface area contributed by atoms with Crippen molar-refractivity contribution < 1.29 is 33.8 Å². The fourth-order valence-corrected chi connectivity index (χ4v) is 4.04. The maximum Gasteiger partial charge on any atom is 0.300 e. The first-order valence-corrected chi connectivity index (χ1v) is 14.4. The highest BCUT2D eigenvalue weighted by atomic mass is 19.1. The largest absolute Gasteiger partial charge is 0.508 e. The maximum absolute atomic E-state index is 13.2. The number of hydrogen-bond donors (Lipinski definition) is 8. The molecule has 2 aromatic rings. The van der Waals surface area contributed by atoms with E-state index in [0.717, 1.165) is 12.5 Å². The molecule has 3 amide bonds. The number of phenolic OH excluding ortho intramolecular Hbond substituents is 1. The molecule has 0 aliphatic rings. The minimum Gasteiger partial charge on any atom is -0.508 e. The fourth-order valence-electron chi connectivity index (χ4n) is 4.04. The van der Waals surface area contributed by atoms with Gasteiger partial charge in [0.25, 0.3) is 5.97 Å². The van der Waals surface area contributed by atoms with Crippen LogP contribution in [-0.2, 0) is 32.0 Å². The van der Waals surface area contributed by atoms with E-state index in [9.17, 15) is 23.9 Å². The molecule has 0 saturated carbocycles. The van der Waals surface area contributed by atoms with E-state index in [1.54, 1.807) is 29.2 Å². The van der Waals surface area contributed by atoms with Crippen LogP contribution in [0.2, 0.25) is 0 Å². The van der Waals surface area contributed by atoms with Crippen LogP contribution in [0.3, 0.4) is 0 Å². The number of nitrogens with two attached hydrogens (primary N) is 4. The van der Waals surface area contributed by atoms with Crippen LogP contribution >= 0.6 is 0 Å². The van der Waals surface area contributed by atoms with E-state index in [0.29, 0.717) is 31.5 Å². The topological polar surface area (TPSA) is 265 Å². The van der Waals surface area contributed by atoms with E-state index in [1.165, 1.54) is 24.3 Å². The smallest absolute Gasteiger partial charge is 0.300 e. The summed E-state index contributed by atoms with van der Waals surface area (Å²) in [6.07, 6.45) is 1.14. The van der Waals surface area contributed by atoms with Gasteiger partial charge in [-0.15, -0.1) is 0 Å². The predicted octanol–water partition coefficient (Wildman–Crippen LogP) is -0.447. The lowest BCUT2D eigenvalue weighted by Crippen LogP contribution is -2.52. The second-order valence-corrected chi connectivity index (χ2v) is 10.0. The number of amides is 3. The predicted molar refractivity (Wildman–Crippen MR) is 172 cm³/mol. The number of phenols is 1. The molecular weight excluding hydrogens is 601 g/mol. The second kappa shape index (κ2) is 20.5. The molecule has 0 radical (unpaired) electrons. The summed E-state index contributed by atoms with van der Waals surface area (Å²) >= 11 is 0. The monoisotopic (exact) mass is 645 g/mol. The summed E-state index contributed by atoms with van der Waals surface area (Å²) in [4.78, 5) is 57.7. The van der Waals surface area contributed by atoms with Crippen molar-refractivity contribution in [1.29, 1.82) is 0 Å². The van der Waals surface area contributed by atoms with Crippen molar-refractivity contribution in [3.63, 3.8) is 0 Å². The lowest BCUT2D eigenvalue weighted by atomic mass is 10.0. The SMILES string of the molecule is CC(=O)O.CCN(CCc1ccc(F)cc1)C(=O)CNC(=O)[C@@H](CCCN=C(N)N)NC(=O)[C@H](Cc1ccc(O)cc1)N=C(N)N. The Kier molecular flexibility index (Phi) is 17.2. The number of hydrogen-bond acceptors (Lipinski definition) is 7. The van der Waals surface area contributed by atoms with Crippen LogP contribution < -0.4 is 33.6 Å². The Labute approximate surface area is 266 Å². The summed E-state index contributed by atoms with van der Waals surface area (Å²) in [6.45, 7) is 3.62. The van der Waals surface area contributed by atoms with Gasteiger partial charge in [-0.3, -0.25) is 24.2 Å². The van der Waals surface area contributed by atoms with Crippen molar-refractivity contribution in [2.24, 2.45) is 32.9 Å². The van der Waals surface area contributed by atoms with Gasteiger partial charge in [-0.25, -0.2) is 9.38 Å². The van der Waals surface area contributed by atoms with Gasteiger partial charge in [-0.2, -0.15) is 0 Å². The number of nitrogens with zero attached hydrogens (tertiary/aromatic N) is 3. The zero-order chi connectivity index (χ0) is 34.6. The number of halogens is 1. The Morgan fingerprint density at radius 3 is 2.07 bits per heavy atom. The summed E-state index contributed by atoms with van der Waals surface area (Å²) in [7, 11) is 0. The highest BCUT2D eigenvalue weighted by Gasteiger charge is 2.26. The van der Waals surface area contributed by atoms with Gasteiger partial charge in [0.15, 0.2) is 11.9 Å². The van der Waals surface area contributed by atoms with E-state index in [4.69, 9.17) is 32.8 Å². The van der Waals surface area contributed by atoms with Crippen LogP contribution in [0, 0.1) is 5.82 Å². The Bertz CT molecular complexity index is 1330. The number of aromatic hydroxyl groups is 1. The lowest BCUT2D eigenvalue weighted by Gasteiger charge is -2.23. The van der Waals surface area contributed by atoms with Gasteiger partial charge in [0, 0.05) is 33.0 Å². The average Bonchev–Trinajstić information content (AvgIpc) is 2.98. The molecule has 0 aromatic heterocycles. The highest BCUT2D eigenvalue weighted by molar-refractivity contribution is 5.93. The molecule has 12 N–H and O–H groups in total. The van der Waals surface area contributed by atoms with Gasteiger partial charge in [0.1, 0.15) is 23.7 Å². The fraction of sp³-hybridized carbons (Fsp3) is 0.400. The van der Waals surface area contributed by atoms with E-state index in [2.05, 4.69) is 20.6 Å². The lowest BCUT2D eigenvalue weighted by molar-refractivity contribution is -0.134. The van der Waals surface area contributed by atoms with E-state index < -0.39 is 29.9 Å². The average molecular weight is 646 g/mol. The number of guanidine groups is 2. The molecular formula is C30H44FN9O6. The molecule has 252 valence electrons. The first kappa shape index (κ1) is 38.6. The third-order valence-electron chi connectivity index (χ3n) is 6.28. The standard InChI is InChI=1S/C28H40FN9O4.C2H4O2/c1-2-38(15-13-18-5-9-20(29)10-6-18)24(40)17-35-25(41)22(4-3-14-34-27(30)31)36-26(42)23(37-28(32)33)16-19-7-11-21(39)12-8-19;1-2(3)4/h5-12,22-23,39H,2-4,13-17H2,1H3,(H,35,41)(H,36,42)(H4,30,31,34)(H4,32,33,37);1H3,(H,3,4)/t22-,23+;/m1./s1. The molecule has 0 spiro atoms. The number of rotatable bonds is 16. The minimum absolute atomic E-state index is 0.0609. The molecule has 2 atom stereocenters. The first-order valence-electron chi connectivity index (χ1n) is 14.4. The van der Waals surface area contributed by atoms with Crippen molar-refractivity contribution >= 4 is 35.6 Å². The van der Waals surface area contributed by atoms with Crippen LogP contribution in [-0.4, -0.2) is 89.0 Å². The third-order valence-corrected chi connectivity index (χ3v) is 6.28. The number of benzene rings is 2. The number of aliphatic carboxylic acids is 1. The Hall–Kier alpha value is -5.41. The number of nitrogens with one attached hydrogen (secondary N) is 2. The van der Waals surface area contributed by atoms with Gasteiger partial charge in [0.2, 0.25) is 17.7 Å². The number of carboxylic acid groups (broad SMARTS) is 1. The van der Waals surface area contributed by atoms with Crippen molar-refractivity contribution in [3.8, 4) is 5.75 Å². The molecule has 0 fully saturated rings. The molecule has 2 aromatic carbocycles. The number of carbonyl (C=O) groups is 4. The van der Waals surface area contributed by atoms with Gasteiger partial charge in [-0.1, -0.05) is 24.3 Å². The molecule has 0 aliphatic carbocycles. The second-order valence-electron chi connectivity index (χ2n) is 10.0. The van der Waals surface area contributed by atoms with Crippen molar-refractivity contribution in [1.82, 2.24) is 15.5 Å². The van der Waals surface area contributed by atoms with Crippen LogP contribution in [0.25, 0.3) is 0 Å². The summed E-state index contributed by atoms with van der Waals surface area (Å²) in [5.74, 6) is -3.03. The van der Waals surface area contributed by atoms with Gasteiger partial charge in [0.05, 0.1) is 6.54 Å². The Morgan fingerprint density at radius 1 is 0.935 bits per heavy atom. The number of likely N-dealkylation sites (N-methyl/N-ethyl adjacent to an activating group) is 1. The summed E-state index contributed by atoms with van der Waals surface area (Å²) in [6, 6.07) is 10.1. The Morgan fingerprint density at radius 2 is 1.52 bits per heavy atom. The van der Waals surface area contributed by atoms with E-state index >= 15 is 0 Å². The van der Waals surface area contributed by atoms with E-state index in [-0.39, 0.29) is 55.3 Å². The van der Waals surface area contributed by atoms with Crippen molar-refractivity contribution in [2.75, 3.05) is 26.2 Å². The zero-order valence-electron chi connectivity index (χ0n) is 26.0. The van der Waals surface area contributed by atoms with Crippen LogP contribution in [0.15, 0.2) is 58.5 Å². The maximum atomic E-state index is 13.2. The number of carboxylic acids is 1. The first-order chi connectivity index (χ1) is 21.7. The normalized spacial score (nSPS) is 11.5. The molecule has 16 heteroatoms. The molecule has 0 aliphatic heterocycles. The molecule has 0 unspecified atom stereocenters. The summed E-state index contributed by atoms with van der Waals surface area (Å²) < 4.78 is 13.2. The summed E-state index contributed by atoms with van der Waals surface area (Å²) in [5, 5.41) is 22.2. The van der Waals surface area contributed by atoms with E-state index in [1.807, 2.05) is 6.92 Å². The number of carbonyl (C=O) groups excluding carboxylic acids is 3. The molecule has 0 saturated heterocycles.